The summed E-state index contributed by atoms with van der Waals surface area (Å²) in [5.41, 5.74) is 0.510. The van der Waals surface area contributed by atoms with Gasteiger partial charge < -0.3 is 34.5 Å². The Kier molecular flexibility index (Phi) is 6.51. The van der Waals surface area contributed by atoms with Crippen molar-refractivity contribution < 1.29 is 27.7 Å². The number of rotatable bonds is 6. The number of benzene rings is 1. The van der Waals surface area contributed by atoms with E-state index in [4.69, 9.17) is 14.2 Å². The number of hydrogen-bond donors (Lipinski definition) is 2. The Morgan fingerprint density at radius 1 is 1.33 bits per heavy atom. The Bertz CT molecular complexity index is 675. The van der Waals surface area contributed by atoms with Crippen molar-refractivity contribution in [2.24, 2.45) is 4.99 Å². The minimum Gasteiger partial charge on any atom is -0.454 e. The lowest BCUT2D eigenvalue weighted by molar-refractivity contribution is -0.0505. The van der Waals surface area contributed by atoms with Gasteiger partial charge in [-0.3, -0.25) is 4.99 Å². The van der Waals surface area contributed by atoms with Gasteiger partial charge in [-0.2, -0.15) is 8.78 Å². The van der Waals surface area contributed by atoms with Gasteiger partial charge in [0.2, 0.25) is 6.79 Å². The summed E-state index contributed by atoms with van der Waals surface area (Å²) in [6.07, 6.45) is 0.0607. The fourth-order valence-corrected chi connectivity index (χ4v) is 2.91. The molecule has 150 valence electrons. The van der Waals surface area contributed by atoms with Crippen LogP contribution in [0.2, 0.25) is 0 Å². The lowest BCUT2D eigenvalue weighted by atomic mass is 10.1. The summed E-state index contributed by atoms with van der Waals surface area (Å²) in [6.45, 7) is 0.385. The maximum absolute atomic E-state index is 12.7. The van der Waals surface area contributed by atoms with Crippen LogP contribution in [0, 0.1) is 0 Å². The number of ether oxygens (including phenoxy) is 4. The van der Waals surface area contributed by atoms with Crippen molar-refractivity contribution >= 4 is 5.96 Å². The zero-order chi connectivity index (χ0) is 19.2. The normalized spacial score (nSPS) is 20.0. The van der Waals surface area contributed by atoms with E-state index in [2.05, 4.69) is 25.3 Å². The molecule has 1 fully saturated rings. The van der Waals surface area contributed by atoms with Gasteiger partial charge in [-0.05, 0) is 13.1 Å². The molecule has 2 N–H and O–H groups in total. The first-order chi connectivity index (χ1) is 13.0. The number of halogens is 2. The highest BCUT2D eigenvalue weighted by Gasteiger charge is 2.21. The zero-order valence-electron chi connectivity index (χ0n) is 15.3. The van der Waals surface area contributed by atoms with Crippen LogP contribution in [-0.4, -0.2) is 70.7 Å². The molecule has 0 radical (unpaired) electrons. The molecule has 1 aromatic rings. The van der Waals surface area contributed by atoms with Crippen molar-refractivity contribution in [2.45, 2.75) is 19.3 Å². The first kappa shape index (κ1) is 19.4. The third-order valence-corrected chi connectivity index (χ3v) is 4.28. The van der Waals surface area contributed by atoms with E-state index in [0.717, 1.165) is 13.1 Å². The van der Waals surface area contributed by atoms with Crippen molar-refractivity contribution in [3.63, 3.8) is 0 Å². The number of fused-ring (bicyclic) bond motifs is 1. The summed E-state index contributed by atoms with van der Waals surface area (Å²) in [5, 5.41) is 6.27. The highest BCUT2D eigenvalue weighted by molar-refractivity contribution is 5.79. The van der Waals surface area contributed by atoms with E-state index in [1.165, 1.54) is 6.07 Å². The molecule has 0 amide bonds. The van der Waals surface area contributed by atoms with Crippen LogP contribution in [0.25, 0.3) is 0 Å². The second-order valence-electron chi connectivity index (χ2n) is 6.25. The molecular formula is C17H24F2N4O4. The molecule has 1 unspecified atom stereocenters. The molecule has 0 bridgehead atoms. The largest absolute Gasteiger partial charge is 0.454 e. The number of likely N-dealkylation sites (N-methyl/N-ethyl adjacent to an activating group) is 1. The van der Waals surface area contributed by atoms with Gasteiger partial charge in [0.25, 0.3) is 0 Å². The van der Waals surface area contributed by atoms with Crippen molar-refractivity contribution in [2.75, 3.05) is 47.1 Å². The average Bonchev–Trinajstić information content (AvgIpc) is 3.08. The summed E-state index contributed by atoms with van der Waals surface area (Å²) in [7, 11) is 3.69. The summed E-state index contributed by atoms with van der Waals surface area (Å²) in [5.74, 6) is 1.45. The lowest BCUT2D eigenvalue weighted by Crippen LogP contribution is -2.48. The molecule has 27 heavy (non-hydrogen) atoms. The number of aliphatic imine (C=N–C) groups is 1. The molecule has 2 heterocycles. The van der Waals surface area contributed by atoms with E-state index in [-0.39, 0.29) is 25.2 Å². The molecule has 0 spiro atoms. The van der Waals surface area contributed by atoms with Gasteiger partial charge in [-0.15, -0.1) is 0 Å². The second kappa shape index (κ2) is 9.05. The first-order valence-corrected chi connectivity index (χ1v) is 8.67. The van der Waals surface area contributed by atoms with Crippen molar-refractivity contribution in [3.8, 4) is 17.2 Å². The fourth-order valence-electron chi connectivity index (χ4n) is 2.91. The molecule has 10 heteroatoms. The Morgan fingerprint density at radius 2 is 2.11 bits per heavy atom. The summed E-state index contributed by atoms with van der Waals surface area (Å²) in [4.78, 5) is 6.35. The van der Waals surface area contributed by atoms with Gasteiger partial charge in [-0.1, -0.05) is 0 Å². The standard InChI is InChI=1S/C17H24F2N4O4/c1-20-17(22-8-12-9-23(2)3-4-24-12)21-7-11-5-14-15(26-10-25-14)6-13(11)27-16(18)19/h5-6,12,16H,3-4,7-10H2,1-2H3,(H2,20,21,22). The van der Waals surface area contributed by atoms with Crippen LogP contribution in [0.3, 0.4) is 0 Å². The number of nitrogens with one attached hydrogen (secondary N) is 2. The van der Waals surface area contributed by atoms with E-state index >= 15 is 0 Å². The van der Waals surface area contributed by atoms with Crippen molar-refractivity contribution in [1.29, 1.82) is 0 Å². The molecule has 1 atom stereocenters. The molecule has 0 aliphatic carbocycles. The minimum atomic E-state index is -2.93. The summed E-state index contributed by atoms with van der Waals surface area (Å²) < 4.78 is 46.2. The van der Waals surface area contributed by atoms with Gasteiger partial charge >= 0.3 is 6.61 Å². The van der Waals surface area contributed by atoms with Gasteiger partial charge in [0.05, 0.1) is 12.7 Å². The van der Waals surface area contributed by atoms with Crippen LogP contribution < -0.4 is 24.8 Å². The van der Waals surface area contributed by atoms with Gasteiger partial charge in [0, 0.05) is 44.9 Å². The van der Waals surface area contributed by atoms with E-state index in [1.54, 1.807) is 13.1 Å². The van der Waals surface area contributed by atoms with Crippen LogP contribution in [-0.2, 0) is 11.3 Å². The Labute approximate surface area is 156 Å². The topological polar surface area (TPSA) is 76.6 Å². The van der Waals surface area contributed by atoms with Crippen LogP contribution in [0.1, 0.15) is 5.56 Å². The molecule has 8 nitrogen and oxygen atoms in total. The monoisotopic (exact) mass is 386 g/mol. The van der Waals surface area contributed by atoms with Gasteiger partial charge in [0.1, 0.15) is 5.75 Å². The van der Waals surface area contributed by atoms with Crippen LogP contribution in [0.15, 0.2) is 17.1 Å². The number of guanidine groups is 1. The number of morpholine rings is 1. The van der Waals surface area contributed by atoms with E-state index in [1.807, 2.05) is 7.05 Å². The predicted octanol–water partition coefficient (Wildman–Crippen LogP) is 1.01. The lowest BCUT2D eigenvalue weighted by Gasteiger charge is -2.30. The molecule has 1 aromatic carbocycles. The molecule has 2 aliphatic heterocycles. The molecule has 2 aliphatic rings. The third-order valence-electron chi connectivity index (χ3n) is 4.28. The van der Waals surface area contributed by atoms with Crippen LogP contribution in [0.5, 0.6) is 17.2 Å². The van der Waals surface area contributed by atoms with Gasteiger partial charge in [0.15, 0.2) is 17.5 Å². The van der Waals surface area contributed by atoms with Crippen LogP contribution in [0.4, 0.5) is 8.78 Å². The Hall–Kier alpha value is -2.33. The number of alkyl halides is 2. The predicted molar refractivity (Wildman–Crippen MR) is 94.6 cm³/mol. The van der Waals surface area contributed by atoms with E-state index in [0.29, 0.717) is 36.2 Å². The van der Waals surface area contributed by atoms with Gasteiger partial charge in [-0.25, -0.2) is 0 Å². The van der Waals surface area contributed by atoms with E-state index < -0.39 is 6.61 Å². The SMILES string of the molecule is CN=C(NCc1cc2c(cc1OC(F)F)OCO2)NCC1CN(C)CCO1. The van der Waals surface area contributed by atoms with Crippen molar-refractivity contribution in [3.05, 3.63) is 17.7 Å². The third kappa shape index (κ3) is 5.33. The number of nitrogens with zero attached hydrogens (tertiary/aromatic N) is 2. The smallest absolute Gasteiger partial charge is 0.387 e. The Morgan fingerprint density at radius 3 is 2.81 bits per heavy atom. The summed E-state index contributed by atoms with van der Waals surface area (Å²) in [6, 6.07) is 3.03. The minimum absolute atomic E-state index is 0.0365. The fraction of sp³-hybridized carbons (Fsp3) is 0.588. The highest BCUT2D eigenvalue weighted by atomic mass is 19.3. The maximum atomic E-state index is 12.7. The molecular weight excluding hydrogens is 362 g/mol. The van der Waals surface area contributed by atoms with E-state index in [9.17, 15) is 8.78 Å². The average molecular weight is 386 g/mol. The first-order valence-electron chi connectivity index (χ1n) is 8.67. The van der Waals surface area contributed by atoms with Crippen molar-refractivity contribution in [1.82, 2.24) is 15.5 Å². The summed E-state index contributed by atoms with van der Waals surface area (Å²) >= 11 is 0. The quantitative estimate of drug-likeness (QED) is 0.558. The molecule has 1 saturated heterocycles. The molecule has 0 saturated carbocycles. The zero-order valence-corrected chi connectivity index (χ0v) is 15.3. The maximum Gasteiger partial charge on any atom is 0.387 e. The highest BCUT2D eigenvalue weighted by Crippen LogP contribution is 2.38. The Balaban J connectivity index is 1.59. The molecule has 0 aromatic heterocycles. The van der Waals surface area contributed by atoms with Crippen LogP contribution >= 0.6 is 0 Å². The molecule has 3 rings (SSSR count). The second-order valence-corrected chi connectivity index (χ2v) is 6.25. The number of hydrogen-bond acceptors (Lipinski definition) is 6.